The highest BCUT2D eigenvalue weighted by atomic mass is 16.5. The lowest BCUT2D eigenvalue weighted by Crippen LogP contribution is -2.15. The monoisotopic (exact) mass is 303 g/mol. The number of ether oxygens (including phenoxy) is 2. The van der Waals surface area contributed by atoms with Crippen LogP contribution in [0.4, 0.5) is 0 Å². The highest BCUT2D eigenvalue weighted by Crippen LogP contribution is 2.27. The third-order valence-electron chi connectivity index (χ3n) is 3.68. The van der Waals surface area contributed by atoms with Crippen molar-refractivity contribution in [3.63, 3.8) is 0 Å². The van der Waals surface area contributed by atoms with E-state index in [9.17, 15) is 4.79 Å². The van der Waals surface area contributed by atoms with Crippen molar-refractivity contribution in [1.82, 2.24) is 4.40 Å². The summed E-state index contributed by atoms with van der Waals surface area (Å²) in [7, 11) is 0. The fourth-order valence-electron chi connectivity index (χ4n) is 2.64. The van der Waals surface area contributed by atoms with Crippen molar-refractivity contribution < 1.29 is 14.3 Å². The topological polar surface area (TPSA) is 39.9 Å². The molecule has 2 heterocycles. The molecule has 1 atom stereocenters. The van der Waals surface area contributed by atoms with Crippen molar-refractivity contribution in [2.45, 2.75) is 40.7 Å². The molecular formula is C18H25NO3. The molecule has 0 fully saturated rings. The number of esters is 1. The smallest absolute Gasteiger partial charge is 0.338 e. The molecule has 0 spiro atoms. The Kier molecular flexibility index (Phi) is 5.24. The number of fused-ring (bicyclic) bond motifs is 1. The Hall–Kier alpha value is -1.81. The minimum absolute atomic E-state index is 0.0910. The van der Waals surface area contributed by atoms with E-state index in [1.807, 2.05) is 45.2 Å². The van der Waals surface area contributed by atoms with Crippen LogP contribution in [-0.4, -0.2) is 23.6 Å². The van der Waals surface area contributed by atoms with Crippen LogP contribution in [0.5, 0.6) is 0 Å². The molecule has 2 aromatic rings. The average molecular weight is 303 g/mol. The molecule has 4 heteroatoms. The van der Waals surface area contributed by atoms with E-state index in [0.29, 0.717) is 24.7 Å². The number of hydrogen-bond acceptors (Lipinski definition) is 3. The first-order chi connectivity index (χ1) is 10.5. The van der Waals surface area contributed by atoms with Crippen molar-refractivity contribution in [2.24, 2.45) is 5.92 Å². The Labute approximate surface area is 132 Å². The average Bonchev–Trinajstić information content (AvgIpc) is 2.92. The number of aromatic nitrogens is 1. The fourth-order valence-corrected chi connectivity index (χ4v) is 2.64. The molecule has 2 rings (SSSR count). The Morgan fingerprint density at radius 1 is 1.32 bits per heavy atom. The van der Waals surface area contributed by atoms with Crippen LogP contribution in [0.2, 0.25) is 0 Å². The minimum atomic E-state index is -0.277. The maximum atomic E-state index is 12.2. The zero-order chi connectivity index (χ0) is 16.3. The van der Waals surface area contributed by atoms with Crippen LogP contribution in [-0.2, 0) is 9.47 Å². The molecule has 0 aliphatic rings. The molecule has 0 aliphatic heterocycles. The summed E-state index contributed by atoms with van der Waals surface area (Å²) >= 11 is 0. The molecule has 1 unspecified atom stereocenters. The summed E-state index contributed by atoms with van der Waals surface area (Å²) in [6.45, 7) is 11.1. The van der Waals surface area contributed by atoms with Gasteiger partial charge in [-0.3, -0.25) is 0 Å². The van der Waals surface area contributed by atoms with Gasteiger partial charge in [0.2, 0.25) is 0 Å². The maximum absolute atomic E-state index is 12.2. The summed E-state index contributed by atoms with van der Waals surface area (Å²) in [5, 5.41) is 0. The first kappa shape index (κ1) is 16.6. The highest BCUT2D eigenvalue weighted by molar-refractivity contribution is 5.92. The van der Waals surface area contributed by atoms with Crippen molar-refractivity contribution in [3.05, 3.63) is 41.2 Å². The number of carbonyl (C=O) groups is 1. The molecule has 4 nitrogen and oxygen atoms in total. The lowest BCUT2D eigenvalue weighted by molar-refractivity contribution is 0.0428. The summed E-state index contributed by atoms with van der Waals surface area (Å²) in [5.74, 6) is 0.192. The van der Waals surface area contributed by atoms with E-state index < -0.39 is 0 Å². The van der Waals surface area contributed by atoms with E-state index in [-0.39, 0.29) is 12.1 Å². The van der Waals surface area contributed by atoms with E-state index in [0.717, 1.165) is 16.8 Å². The molecule has 0 N–H and O–H groups in total. The summed E-state index contributed by atoms with van der Waals surface area (Å²) in [6, 6.07) is 5.84. The Bertz CT molecular complexity index is 658. The summed E-state index contributed by atoms with van der Waals surface area (Å²) < 4.78 is 13.2. The van der Waals surface area contributed by atoms with Crippen LogP contribution in [0.1, 0.15) is 55.4 Å². The van der Waals surface area contributed by atoms with Crippen molar-refractivity contribution >= 4 is 11.5 Å². The van der Waals surface area contributed by atoms with Crippen molar-refractivity contribution in [2.75, 3.05) is 13.2 Å². The van der Waals surface area contributed by atoms with E-state index in [2.05, 4.69) is 18.2 Å². The van der Waals surface area contributed by atoms with Gasteiger partial charge in [-0.05, 0) is 50.5 Å². The highest BCUT2D eigenvalue weighted by Gasteiger charge is 2.20. The van der Waals surface area contributed by atoms with Crippen LogP contribution >= 0.6 is 0 Å². The SMILES string of the molecule is CCOC(=O)c1cc2cccn2c(C(C)OCC(C)C)c1C. The number of carbonyl (C=O) groups excluding carboxylic acids is 1. The molecule has 22 heavy (non-hydrogen) atoms. The van der Waals surface area contributed by atoms with Gasteiger partial charge in [-0.25, -0.2) is 4.79 Å². The summed E-state index contributed by atoms with van der Waals surface area (Å²) in [5.41, 5.74) is 3.51. The Morgan fingerprint density at radius 2 is 2.05 bits per heavy atom. The molecule has 0 bridgehead atoms. The van der Waals surface area contributed by atoms with Crippen LogP contribution in [0, 0.1) is 12.8 Å². The van der Waals surface area contributed by atoms with Crippen molar-refractivity contribution in [1.29, 1.82) is 0 Å². The van der Waals surface area contributed by atoms with E-state index in [1.165, 1.54) is 0 Å². The molecule has 0 saturated heterocycles. The van der Waals surface area contributed by atoms with Gasteiger partial charge in [-0.1, -0.05) is 13.8 Å². The van der Waals surface area contributed by atoms with Crippen LogP contribution in [0.25, 0.3) is 5.52 Å². The van der Waals surface area contributed by atoms with Crippen LogP contribution in [0.15, 0.2) is 24.4 Å². The summed E-state index contributed by atoms with van der Waals surface area (Å²) in [4.78, 5) is 12.2. The standard InChI is InChI=1S/C18H25NO3/c1-6-21-18(20)16-10-15-8-7-9-19(15)17(13(16)4)14(5)22-11-12(2)3/h7-10,12,14H,6,11H2,1-5H3. The third-order valence-corrected chi connectivity index (χ3v) is 3.68. The van der Waals surface area contributed by atoms with Gasteiger partial charge in [0.25, 0.3) is 0 Å². The lowest BCUT2D eigenvalue weighted by atomic mass is 10.0. The number of nitrogens with zero attached hydrogens (tertiary/aromatic N) is 1. The minimum Gasteiger partial charge on any atom is -0.462 e. The van der Waals surface area contributed by atoms with Crippen molar-refractivity contribution in [3.8, 4) is 0 Å². The Balaban J connectivity index is 2.48. The normalized spacial score (nSPS) is 12.8. The van der Waals surface area contributed by atoms with Gasteiger partial charge in [0.1, 0.15) is 0 Å². The zero-order valence-corrected chi connectivity index (χ0v) is 14.1. The van der Waals surface area contributed by atoms with Gasteiger partial charge in [0.05, 0.1) is 24.0 Å². The van der Waals surface area contributed by atoms with E-state index >= 15 is 0 Å². The first-order valence-corrected chi connectivity index (χ1v) is 7.85. The largest absolute Gasteiger partial charge is 0.462 e. The van der Waals surface area contributed by atoms with Crippen LogP contribution in [0.3, 0.4) is 0 Å². The second-order valence-corrected chi connectivity index (χ2v) is 5.96. The predicted molar refractivity (Wildman–Crippen MR) is 87.3 cm³/mol. The molecule has 0 amide bonds. The number of pyridine rings is 1. The Morgan fingerprint density at radius 3 is 2.68 bits per heavy atom. The molecular weight excluding hydrogens is 278 g/mol. The number of hydrogen-bond donors (Lipinski definition) is 0. The number of rotatable bonds is 6. The first-order valence-electron chi connectivity index (χ1n) is 7.85. The quantitative estimate of drug-likeness (QED) is 0.752. The van der Waals surface area contributed by atoms with E-state index in [4.69, 9.17) is 9.47 Å². The second kappa shape index (κ2) is 6.97. The van der Waals surface area contributed by atoms with Gasteiger partial charge < -0.3 is 13.9 Å². The second-order valence-electron chi connectivity index (χ2n) is 5.96. The molecule has 0 saturated carbocycles. The molecule has 0 aromatic carbocycles. The zero-order valence-electron chi connectivity index (χ0n) is 14.1. The van der Waals surface area contributed by atoms with E-state index in [1.54, 1.807) is 0 Å². The fraction of sp³-hybridized carbons (Fsp3) is 0.500. The third kappa shape index (κ3) is 3.33. The van der Waals surface area contributed by atoms with Gasteiger partial charge in [-0.15, -0.1) is 0 Å². The molecule has 2 aromatic heterocycles. The molecule has 0 aliphatic carbocycles. The van der Waals surface area contributed by atoms with Gasteiger partial charge in [-0.2, -0.15) is 0 Å². The summed E-state index contributed by atoms with van der Waals surface area (Å²) in [6.07, 6.45) is 1.91. The maximum Gasteiger partial charge on any atom is 0.338 e. The van der Waals surface area contributed by atoms with Gasteiger partial charge in [0.15, 0.2) is 0 Å². The van der Waals surface area contributed by atoms with Gasteiger partial charge in [0, 0.05) is 18.3 Å². The van der Waals surface area contributed by atoms with Crippen LogP contribution < -0.4 is 0 Å². The van der Waals surface area contributed by atoms with Gasteiger partial charge >= 0.3 is 5.97 Å². The predicted octanol–water partition coefficient (Wildman–Crippen LogP) is 4.16. The lowest BCUT2D eigenvalue weighted by Gasteiger charge is -2.21. The molecule has 120 valence electrons. The molecule has 0 radical (unpaired) electrons.